The van der Waals surface area contributed by atoms with Crippen molar-refractivity contribution in [2.75, 3.05) is 18.4 Å². The molecule has 0 radical (unpaired) electrons. The van der Waals surface area contributed by atoms with Crippen LogP contribution in [-0.4, -0.2) is 36.2 Å². The second-order valence-electron chi connectivity index (χ2n) is 9.78. The number of rotatable bonds is 6. The quantitative estimate of drug-likeness (QED) is 0.375. The fourth-order valence-electron chi connectivity index (χ4n) is 5.06. The van der Waals surface area contributed by atoms with Crippen molar-refractivity contribution in [2.24, 2.45) is 5.92 Å². The van der Waals surface area contributed by atoms with E-state index in [-0.39, 0.29) is 30.0 Å². The Hall–Kier alpha value is -4.53. The standard InChI is InChI=1S/C31H28F3N3O3/c1-20-18-27(36-29(38)26-8-4-3-7-25(20)26)21-14-16-37(17-15-21)30(39)22-10-12-24(13-11-22)35-19-23-6-2-5-9-28(23)40-31(32,33)34/h2-13,18,21,35H,1,14-17,19H2,(H,36,38). The van der Waals surface area contributed by atoms with Crippen molar-refractivity contribution in [3.8, 4) is 5.75 Å². The summed E-state index contributed by atoms with van der Waals surface area (Å²) in [7, 11) is 0. The lowest BCUT2D eigenvalue weighted by atomic mass is 9.91. The van der Waals surface area contributed by atoms with E-state index in [2.05, 4.69) is 21.9 Å². The maximum absolute atomic E-state index is 13.1. The molecule has 5 rings (SSSR count). The molecule has 3 aromatic carbocycles. The Kier molecular flexibility index (Phi) is 7.64. The van der Waals surface area contributed by atoms with Crippen LogP contribution in [0.3, 0.4) is 0 Å². The van der Waals surface area contributed by atoms with Gasteiger partial charge in [-0.3, -0.25) is 9.59 Å². The number of halogens is 3. The SMILES string of the molecule is C=C1C=C(C2CCN(C(=O)c3ccc(NCc4ccccc4OC(F)(F)F)cc3)CC2)NC(=O)c2ccccc21. The topological polar surface area (TPSA) is 70.7 Å². The molecular weight excluding hydrogens is 519 g/mol. The van der Waals surface area contributed by atoms with Gasteiger partial charge in [0, 0.05) is 53.6 Å². The van der Waals surface area contributed by atoms with Crippen LogP contribution in [0.1, 0.15) is 44.7 Å². The molecule has 0 aliphatic carbocycles. The Balaban J connectivity index is 1.16. The molecule has 0 saturated carbocycles. The van der Waals surface area contributed by atoms with E-state index in [9.17, 15) is 22.8 Å². The Labute approximate surface area is 230 Å². The van der Waals surface area contributed by atoms with Gasteiger partial charge in [-0.25, -0.2) is 0 Å². The predicted molar refractivity (Wildman–Crippen MR) is 147 cm³/mol. The Morgan fingerprint density at radius 3 is 2.33 bits per heavy atom. The molecule has 2 aliphatic heterocycles. The summed E-state index contributed by atoms with van der Waals surface area (Å²) in [5, 5.41) is 6.12. The van der Waals surface area contributed by atoms with Gasteiger partial charge in [-0.05, 0) is 66.5 Å². The first-order chi connectivity index (χ1) is 19.2. The second-order valence-corrected chi connectivity index (χ2v) is 9.78. The Bertz CT molecular complexity index is 1460. The van der Waals surface area contributed by atoms with E-state index < -0.39 is 6.36 Å². The first kappa shape index (κ1) is 27.1. The number of piperidine rings is 1. The molecule has 2 amide bonds. The van der Waals surface area contributed by atoms with Gasteiger partial charge >= 0.3 is 6.36 Å². The molecular formula is C31H28F3N3O3. The molecule has 40 heavy (non-hydrogen) atoms. The number of anilines is 1. The molecule has 0 atom stereocenters. The summed E-state index contributed by atoms with van der Waals surface area (Å²) in [6.07, 6.45) is -1.42. The number of carbonyl (C=O) groups is 2. The minimum absolute atomic E-state index is 0.0929. The van der Waals surface area contributed by atoms with Gasteiger partial charge in [0.25, 0.3) is 11.8 Å². The maximum Gasteiger partial charge on any atom is 0.573 e. The van der Waals surface area contributed by atoms with Crippen LogP contribution in [-0.2, 0) is 6.54 Å². The fourth-order valence-corrected chi connectivity index (χ4v) is 5.06. The molecule has 206 valence electrons. The van der Waals surface area contributed by atoms with Crippen LogP contribution >= 0.6 is 0 Å². The zero-order valence-electron chi connectivity index (χ0n) is 21.6. The van der Waals surface area contributed by atoms with E-state index in [0.717, 1.165) is 16.8 Å². The number of benzene rings is 3. The van der Waals surface area contributed by atoms with Gasteiger partial charge in [0.2, 0.25) is 0 Å². The van der Waals surface area contributed by atoms with E-state index in [1.54, 1.807) is 47.4 Å². The summed E-state index contributed by atoms with van der Waals surface area (Å²) in [6, 6.07) is 20.2. The summed E-state index contributed by atoms with van der Waals surface area (Å²) in [6.45, 7) is 5.36. The highest BCUT2D eigenvalue weighted by Gasteiger charge is 2.32. The number of nitrogens with one attached hydrogen (secondary N) is 2. The number of amides is 2. The first-order valence-electron chi connectivity index (χ1n) is 13.0. The van der Waals surface area contributed by atoms with E-state index in [1.807, 2.05) is 24.3 Å². The number of nitrogens with zero attached hydrogens (tertiary/aromatic N) is 1. The molecule has 0 aromatic heterocycles. The second kappa shape index (κ2) is 11.3. The average Bonchev–Trinajstić information content (AvgIpc) is 3.07. The van der Waals surface area contributed by atoms with Crippen LogP contribution in [0.5, 0.6) is 5.75 Å². The van der Waals surface area contributed by atoms with Gasteiger partial charge in [-0.15, -0.1) is 13.2 Å². The van der Waals surface area contributed by atoms with Gasteiger partial charge in [-0.2, -0.15) is 0 Å². The van der Waals surface area contributed by atoms with Crippen LogP contribution < -0.4 is 15.4 Å². The number of likely N-dealkylation sites (tertiary alicyclic amines) is 1. The molecule has 6 nitrogen and oxygen atoms in total. The Morgan fingerprint density at radius 1 is 0.975 bits per heavy atom. The third kappa shape index (κ3) is 6.20. The molecule has 0 unspecified atom stereocenters. The summed E-state index contributed by atoms with van der Waals surface area (Å²) in [4.78, 5) is 27.7. The van der Waals surface area contributed by atoms with Crippen molar-refractivity contribution >= 4 is 23.1 Å². The maximum atomic E-state index is 13.1. The van der Waals surface area contributed by atoms with E-state index in [1.165, 1.54) is 12.1 Å². The van der Waals surface area contributed by atoms with Crippen LogP contribution in [0, 0.1) is 5.92 Å². The molecule has 2 heterocycles. The number of allylic oxidation sites excluding steroid dienone is 3. The van der Waals surface area contributed by atoms with Crippen LogP contribution in [0.15, 0.2) is 91.1 Å². The summed E-state index contributed by atoms with van der Waals surface area (Å²) in [5.41, 5.74) is 4.58. The van der Waals surface area contributed by atoms with Crippen molar-refractivity contribution in [1.29, 1.82) is 0 Å². The molecule has 9 heteroatoms. The van der Waals surface area contributed by atoms with Crippen molar-refractivity contribution in [1.82, 2.24) is 10.2 Å². The molecule has 2 N–H and O–H groups in total. The van der Waals surface area contributed by atoms with E-state index in [0.29, 0.717) is 48.3 Å². The number of alkyl halides is 3. The summed E-state index contributed by atoms with van der Waals surface area (Å²) in [5.74, 6) is -0.394. The molecule has 0 spiro atoms. The largest absolute Gasteiger partial charge is 0.573 e. The van der Waals surface area contributed by atoms with E-state index >= 15 is 0 Å². The van der Waals surface area contributed by atoms with Gasteiger partial charge in [0.05, 0.1) is 0 Å². The lowest BCUT2D eigenvalue weighted by molar-refractivity contribution is -0.274. The van der Waals surface area contributed by atoms with Crippen molar-refractivity contribution in [2.45, 2.75) is 25.7 Å². The number of fused-ring (bicyclic) bond motifs is 1. The lowest BCUT2D eigenvalue weighted by Crippen LogP contribution is -2.40. The van der Waals surface area contributed by atoms with Crippen molar-refractivity contribution < 1.29 is 27.5 Å². The van der Waals surface area contributed by atoms with Gasteiger partial charge in [0.15, 0.2) is 0 Å². The highest BCUT2D eigenvalue weighted by Crippen LogP contribution is 2.31. The fraction of sp³-hybridized carbons (Fsp3) is 0.226. The summed E-state index contributed by atoms with van der Waals surface area (Å²) < 4.78 is 42.1. The monoisotopic (exact) mass is 547 g/mol. The van der Waals surface area contributed by atoms with Crippen LogP contribution in [0.2, 0.25) is 0 Å². The van der Waals surface area contributed by atoms with Gasteiger partial charge in [0.1, 0.15) is 5.75 Å². The number of carbonyl (C=O) groups excluding carboxylic acids is 2. The number of hydrogen-bond acceptors (Lipinski definition) is 4. The van der Waals surface area contributed by atoms with Crippen LogP contribution in [0.25, 0.3) is 5.57 Å². The minimum Gasteiger partial charge on any atom is -0.405 e. The normalized spacial score (nSPS) is 16.0. The zero-order chi connectivity index (χ0) is 28.3. The summed E-state index contributed by atoms with van der Waals surface area (Å²) >= 11 is 0. The average molecular weight is 548 g/mol. The van der Waals surface area contributed by atoms with E-state index in [4.69, 9.17) is 0 Å². The predicted octanol–water partition coefficient (Wildman–Crippen LogP) is 6.39. The number of para-hydroxylation sites is 1. The lowest BCUT2D eigenvalue weighted by Gasteiger charge is -2.33. The molecule has 1 fully saturated rings. The van der Waals surface area contributed by atoms with Gasteiger partial charge in [-0.1, -0.05) is 43.0 Å². The molecule has 1 saturated heterocycles. The molecule has 3 aromatic rings. The third-order valence-electron chi connectivity index (χ3n) is 7.14. The highest BCUT2D eigenvalue weighted by molar-refractivity contribution is 6.02. The Morgan fingerprint density at radius 2 is 1.62 bits per heavy atom. The number of hydrogen-bond donors (Lipinski definition) is 2. The highest BCUT2D eigenvalue weighted by atomic mass is 19.4. The van der Waals surface area contributed by atoms with Gasteiger partial charge < -0.3 is 20.3 Å². The molecule has 2 aliphatic rings. The smallest absolute Gasteiger partial charge is 0.405 e. The first-order valence-corrected chi connectivity index (χ1v) is 13.0. The zero-order valence-corrected chi connectivity index (χ0v) is 21.6. The number of ether oxygens (including phenoxy) is 1. The minimum atomic E-state index is -4.77. The van der Waals surface area contributed by atoms with Crippen molar-refractivity contribution in [3.05, 3.63) is 113 Å². The third-order valence-corrected chi connectivity index (χ3v) is 7.14. The van der Waals surface area contributed by atoms with Crippen LogP contribution in [0.4, 0.5) is 18.9 Å². The van der Waals surface area contributed by atoms with Crippen molar-refractivity contribution in [3.63, 3.8) is 0 Å². The molecule has 0 bridgehead atoms.